The number of thiophene rings is 1. The standard InChI is InChI=1S/C20H24N2O4S/c1-20(25)10-11-22(16(23)13-26-2)17(15-9-6-12-27-15)18(20)21-19(24)14-7-4-3-5-8-14/h3-9,12,17-18,25H,10-11,13H2,1-2H3,(H,21,24)/t17-,18-,20+/m0/s1. The van der Waals surface area contributed by atoms with Crippen LogP contribution in [0.5, 0.6) is 0 Å². The summed E-state index contributed by atoms with van der Waals surface area (Å²) < 4.78 is 5.02. The summed E-state index contributed by atoms with van der Waals surface area (Å²) in [6.07, 6.45) is 0.365. The summed E-state index contributed by atoms with van der Waals surface area (Å²) in [6, 6.07) is 11.6. The number of nitrogens with zero attached hydrogens (tertiary/aromatic N) is 1. The van der Waals surface area contributed by atoms with Gasteiger partial charge in [0.25, 0.3) is 5.91 Å². The number of amides is 2. The van der Waals surface area contributed by atoms with Gasteiger partial charge in [-0.1, -0.05) is 24.3 Å². The van der Waals surface area contributed by atoms with Crippen LogP contribution in [0.4, 0.5) is 0 Å². The third-order valence-electron chi connectivity index (χ3n) is 4.93. The van der Waals surface area contributed by atoms with E-state index >= 15 is 0 Å². The minimum Gasteiger partial charge on any atom is -0.388 e. The first-order valence-electron chi connectivity index (χ1n) is 8.84. The average Bonchev–Trinajstić information content (AvgIpc) is 3.18. The zero-order valence-electron chi connectivity index (χ0n) is 15.4. The number of hydrogen-bond donors (Lipinski definition) is 2. The van der Waals surface area contributed by atoms with Crippen LogP contribution in [0, 0.1) is 0 Å². The minimum atomic E-state index is -1.15. The van der Waals surface area contributed by atoms with E-state index in [0.717, 1.165) is 4.88 Å². The lowest BCUT2D eigenvalue weighted by molar-refractivity contribution is -0.146. The van der Waals surface area contributed by atoms with Crippen LogP contribution < -0.4 is 5.32 Å². The van der Waals surface area contributed by atoms with Crippen molar-refractivity contribution in [1.82, 2.24) is 10.2 Å². The summed E-state index contributed by atoms with van der Waals surface area (Å²) in [5.74, 6) is -0.436. The van der Waals surface area contributed by atoms with E-state index in [1.54, 1.807) is 36.1 Å². The second kappa shape index (κ2) is 8.21. The second-order valence-corrected chi connectivity index (χ2v) is 7.88. The first-order chi connectivity index (χ1) is 12.9. The van der Waals surface area contributed by atoms with Crippen LogP contribution in [-0.4, -0.2) is 53.7 Å². The van der Waals surface area contributed by atoms with Gasteiger partial charge in [0.1, 0.15) is 6.61 Å². The molecule has 1 saturated heterocycles. The minimum absolute atomic E-state index is 0.0383. The highest BCUT2D eigenvalue weighted by Gasteiger charge is 2.48. The zero-order chi connectivity index (χ0) is 19.4. The molecule has 1 aromatic carbocycles. The molecule has 0 radical (unpaired) electrons. The van der Waals surface area contributed by atoms with Gasteiger partial charge in [-0.2, -0.15) is 0 Å². The molecule has 0 aliphatic carbocycles. The molecule has 2 heterocycles. The van der Waals surface area contributed by atoms with E-state index in [1.807, 2.05) is 23.6 Å². The van der Waals surface area contributed by atoms with Gasteiger partial charge in [0.15, 0.2) is 0 Å². The highest BCUT2D eigenvalue weighted by atomic mass is 32.1. The quantitative estimate of drug-likeness (QED) is 0.823. The van der Waals surface area contributed by atoms with E-state index in [4.69, 9.17) is 4.74 Å². The largest absolute Gasteiger partial charge is 0.388 e. The Hall–Kier alpha value is -2.22. The summed E-state index contributed by atoms with van der Waals surface area (Å²) in [5, 5.41) is 15.9. The fraction of sp³-hybridized carbons (Fsp3) is 0.400. The lowest BCUT2D eigenvalue weighted by atomic mass is 9.81. The summed E-state index contributed by atoms with van der Waals surface area (Å²) >= 11 is 1.50. The van der Waals surface area contributed by atoms with E-state index in [2.05, 4.69) is 5.32 Å². The number of benzene rings is 1. The van der Waals surface area contributed by atoms with Crippen molar-refractivity contribution in [2.24, 2.45) is 0 Å². The number of piperidine rings is 1. The van der Waals surface area contributed by atoms with E-state index < -0.39 is 17.7 Å². The molecule has 6 nitrogen and oxygen atoms in total. The maximum atomic E-state index is 12.8. The Bertz CT molecular complexity index is 777. The van der Waals surface area contributed by atoms with Gasteiger partial charge in [-0.25, -0.2) is 0 Å². The van der Waals surface area contributed by atoms with Crippen molar-refractivity contribution < 1.29 is 19.4 Å². The normalized spacial score (nSPS) is 25.2. The monoisotopic (exact) mass is 388 g/mol. The van der Waals surface area contributed by atoms with Gasteiger partial charge in [-0.05, 0) is 36.9 Å². The van der Waals surface area contributed by atoms with Gasteiger partial charge in [-0.3, -0.25) is 9.59 Å². The third-order valence-corrected chi connectivity index (χ3v) is 5.87. The molecule has 144 valence electrons. The lowest BCUT2D eigenvalue weighted by Crippen LogP contribution is -2.63. The van der Waals surface area contributed by atoms with Crippen LogP contribution in [0.15, 0.2) is 47.8 Å². The predicted octanol–water partition coefficient (Wildman–Crippen LogP) is 2.22. The maximum Gasteiger partial charge on any atom is 0.251 e. The molecule has 2 amide bonds. The third kappa shape index (κ3) is 4.21. The van der Waals surface area contributed by atoms with Crippen LogP contribution in [-0.2, 0) is 9.53 Å². The number of carbonyl (C=O) groups is 2. The summed E-state index contributed by atoms with van der Waals surface area (Å²) in [7, 11) is 1.48. The summed E-state index contributed by atoms with van der Waals surface area (Å²) in [6.45, 7) is 2.07. The molecule has 3 atom stereocenters. The summed E-state index contributed by atoms with van der Waals surface area (Å²) in [4.78, 5) is 28.0. The number of nitrogens with one attached hydrogen (secondary N) is 1. The van der Waals surface area contributed by atoms with Crippen LogP contribution in [0.3, 0.4) is 0 Å². The molecule has 0 spiro atoms. The number of ether oxygens (including phenoxy) is 1. The molecule has 27 heavy (non-hydrogen) atoms. The predicted molar refractivity (Wildman–Crippen MR) is 104 cm³/mol. The van der Waals surface area contributed by atoms with Crippen molar-refractivity contribution in [3.63, 3.8) is 0 Å². The van der Waals surface area contributed by atoms with Crippen molar-refractivity contribution in [3.05, 3.63) is 58.3 Å². The number of methoxy groups -OCH3 is 1. The molecular formula is C20H24N2O4S. The van der Waals surface area contributed by atoms with Crippen molar-refractivity contribution in [2.45, 2.75) is 31.0 Å². The summed E-state index contributed by atoms with van der Waals surface area (Å²) in [5.41, 5.74) is -0.637. The fourth-order valence-electron chi connectivity index (χ4n) is 3.47. The molecule has 3 rings (SSSR count). The molecule has 1 aliphatic heterocycles. The van der Waals surface area contributed by atoms with Gasteiger partial charge >= 0.3 is 0 Å². The van der Waals surface area contributed by atoms with Gasteiger partial charge in [-0.15, -0.1) is 11.3 Å². The van der Waals surface area contributed by atoms with Crippen molar-refractivity contribution in [1.29, 1.82) is 0 Å². The van der Waals surface area contributed by atoms with Crippen LogP contribution in [0.2, 0.25) is 0 Å². The molecule has 2 N–H and O–H groups in total. The molecule has 7 heteroatoms. The topological polar surface area (TPSA) is 78.9 Å². The van der Waals surface area contributed by atoms with Gasteiger partial charge < -0.3 is 20.1 Å². The lowest BCUT2D eigenvalue weighted by Gasteiger charge is -2.48. The Morgan fingerprint density at radius 2 is 2.04 bits per heavy atom. The molecule has 1 fully saturated rings. The smallest absolute Gasteiger partial charge is 0.251 e. The zero-order valence-corrected chi connectivity index (χ0v) is 16.2. The van der Waals surface area contributed by atoms with Crippen LogP contribution in [0.1, 0.15) is 34.6 Å². The fourth-order valence-corrected chi connectivity index (χ4v) is 4.35. The molecule has 1 aromatic heterocycles. The van der Waals surface area contributed by atoms with Crippen molar-refractivity contribution >= 4 is 23.2 Å². The molecule has 1 aliphatic rings. The number of rotatable bonds is 5. The van der Waals surface area contributed by atoms with Crippen LogP contribution >= 0.6 is 11.3 Å². The Morgan fingerprint density at radius 1 is 1.30 bits per heavy atom. The Morgan fingerprint density at radius 3 is 2.67 bits per heavy atom. The molecule has 0 saturated carbocycles. The highest BCUT2D eigenvalue weighted by molar-refractivity contribution is 7.10. The van der Waals surface area contributed by atoms with Crippen molar-refractivity contribution in [2.75, 3.05) is 20.3 Å². The number of hydrogen-bond acceptors (Lipinski definition) is 5. The van der Waals surface area contributed by atoms with E-state index in [0.29, 0.717) is 18.5 Å². The first-order valence-corrected chi connectivity index (χ1v) is 9.72. The SMILES string of the molecule is COCC(=O)N1CC[C@@](C)(O)[C@@H](NC(=O)c2ccccc2)[C@@H]1c1cccs1. The molecule has 0 unspecified atom stereocenters. The van der Waals surface area contributed by atoms with Crippen LogP contribution in [0.25, 0.3) is 0 Å². The van der Waals surface area contributed by atoms with E-state index in [1.165, 1.54) is 18.4 Å². The maximum absolute atomic E-state index is 12.8. The van der Waals surface area contributed by atoms with Gasteiger partial charge in [0.2, 0.25) is 5.91 Å². The Labute approximate surface area is 162 Å². The van der Waals surface area contributed by atoms with Gasteiger partial charge in [0, 0.05) is 24.1 Å². The number of carbonyl (C=O) groups excluding carboxylic acids is 2. The van der Waals surface area contributed by atoms with Crippen molar-refractivity contribution in [3.8, 4) is 0 Å². The van der Waals surface area contributed by atoms with Gasteiger partial charge in [0.05, 0.1) is 17.7 Å². The second-order valence-electron chi connectivity index (χ2n) is 6.90. The highest BCUT2D eigenvalue weighted by Crippen LogP contribution is 2.39. The molecular weight excluding hydrogens is 364 g/mol. The van der Waals surface area contributed by atoms with E-state index in [-0.39, 0.29) is 18.4 Å². The average molecular weight is 388 g/mol. The molecule has 2 aromatic rings. The Balaban J connectivity index is 1.95. The molecule has 0 bridgehead atoms. The Kier molecular flexibility index (Phi) is 5.94. The first kappa shape index (κ1) is 19.5. The number of aliphatic hydroxyl groups is 1. The van der Waals surface area contributed by atoms with E-state index in [9.17, 15) is 14.7 Å². The number of likely N-dealkylation sites (tertiary alicyclic amines) is 1.